The van der Waals surface area contributed by atoms with Crippen LogP contribution in [0.4, 0.5) is 5.69 Å². The highest BCUT2D eigenvalue weighted by molar-refractivity contribution is 6.00. The van der Waals surface area contributed by atoms with Gasteiger partial charge in [-0.05, 0) is 48.0 Å². The molecule has 4 heteroatoms. The summed E-state index contributed by atoms with van der Waals surface area (Å²) >= 11 is 0. The molecule has 0 N–H and O–H groups in total. The van der Waals surface area contributed by atoms with Crippen molar-refractivity contribution >= 4 is 17.5 Å². The van der Waals surface area contributed by atoms with Crippen LogP contribution in [0.25, 0.3) is 6.08 Å². The summed E-state index contributed by atoms with van der Waals surface area (Å²) in [7, 11) is 3.34. The normalized spacial score (nSPS) is 14.2. The third-order valence-corrected chi connectivity index (χ3v) is 3.78. The van der Waals surface area contributed by atoms with Gasteiger partial charge in [0, 0.05) is 13.0 Å². The highest BCUT2D eigenvalue weighted by Gasteiger charge is 2.13. The fraction of sp³-hybridized carbons (Fsp3) is 0.211. The van der Waals surface area contributed by atoms with Crippen molar-refractivity contribution < 1.29 is 9.47 Å². The number of allylic oxidation sites excluding steroid dienone is 1. The van der Waals surface area contributed by atoms with Gasteiger partial charge in [0.2, 0.25) is 0 Å². The summed E-state index contributed by atoms with van der Waals surface area (Å²) in [5.41, 5.74) is 3.30. The molecular weight excluding hydrogens is 288 g/mol. The largest absolute Gasteiger partial charge is 0.497 e. The third-order valence-electron chi connectivity index (χ3n) is 3.78. The van der Waals surface area contributed by atoms with E-state index in [1.54, 1.807) is 14.2 Å². The molecule has 0 atom stereocenters. The van der Waals surface area contributed by atoms with Crippen molar-refractivity contribution in [3.05, 3.63) is 60.2 Å². The first-order chi connectivity index (χ1) is 11.3. The fourth-order valence-electron chi connectivity index (χ4n) is 2.44. The lowest BCUT2D eigenvalue weighted by Crippen LogP contribution is -2.11. The highest BCUT2D eigenvalue weighted by Crippen LogP contribution is 2.23. The molecule has 0 amide bonds. The van der Waals surface area contributed by atoms with Crippen LogP contribution in [0.1, 0.15) is 12.0 Å². The lowest BCUT2D eigenvalue weighted by molar-refractivity contribution is 0.414. The van der Waals surface area contributed by atoms with E-state index in [1.165, 1.54) is 0 Å². The van der Waals surface area contributed by atoms with E-state index >= 15 is 0 Å². The number of hydrogen-bond acceptors (Lipinski definition) is 4. The number of nitrogens with zero attached hydrogens (tertiary/aromatic N) is 2. The predicted octanol–water partition coefficient (Wildman–Crippen LogP) is 3.98. The highest BCUT2D eigenvalue weighted by atomic mass is 16.5. The van der Waals surface area contributed by atoms with E-state index in [0.29, 0.717) is 0 Å². The van der Waals surface area contributed by atoms with Crippen molar-refractivity contribution in [3.63, 3.8) is 0 Å². The van der Waals surface area contributed by atoms with Crippen LogP contribution in [0.2, 0.25) is 0 Å². The Bertz CT molecular complexity index is 703. The lowest BCUT2D eigenvalue weighted by Gasteiger charge is -2.13. The zero-order valence-electron chi connectivity index (χ0n) is 13.4. The van der Waals surface area contributed by atoms with E-state index < -0.39 is 0 Å². The van der Waals surface area contributed by atoms with Gasteiger partial charge in [-0.25, -0.2) is 0 Å². The van der Waals surface area contributed by atoms with Crippen LogP contribution in [0.5, 0.6) is 11.5 Å². The Labute approximate surface area is 136 Å². The summed E-state index contributed by atoms with van der Waals surface area (Å²) in [5, 5.41) is 6.68. The fourth-order valence-corrected chi connectivity index (χ4v) is 2.44. The summed E-state index contributed by atoms with van der Waals surface area (Å²) < 4.78 is 10.3. The molecule has 0 fully saturated rings. The first kappa shape index (κ1) is 15.2. The third kappa shape index (κ3) is 3.72. The van der Waals surface area contributed by atoms with Gasteiger partial charge >= 0.3 is 0 Å². The minimum atomic E-state index is 0.858. The van der Waals surface area contributed by atoms with Gasteiger partial charge < -0.3 is 9.47 Å². The van der Waals surface area contributed by atoms with E-state index in [2.05, 4.69) is 17.3 Å². The van der Waals surface area contributed by atoms with E-state index in [1.807, 2.05) is 53.5 Å². The van der Waals surface area contributed by atoms with Crippen molar-refractivity contribution in [2.24, 2.45) is 5.10 Å². The topological polar surface area (TPSA) is 34.1 Å². The van der Waals surface area contributed by atoms with Gasteiger partial charge in [0.05, 0.1) is 25.6 Å². The number of benzene rings is 2. The van der Waals surface area contributed by atoms with Crippen molar-refractivity contribution in [3.8, 4) is 11.5 Å². The number of ether oxygens (including phenoxy) is 2. The average Bonchev–Trinajstić information content (AvgIpc) is 3.09. The van der Waals surface area contributed by atoms with E-state index in [0.717, 1.165) is 41.4 Å². The molecule has 0 aromatic heterocycles. The smallest absolute Gasteiger partial charge is 0.119 e. The van der Waals surface area contributed by atoms with Gasteiger partial charge in [-0.15, -0.1) is 0 Å². The Morgan fingerprint density at radius 2 is 1.48 bits per heavy atom. The zero-order valence-corrected chi connectivity index (χ0v) is 13.4. The van der Waals surface area contributed by atoms with Crippen molar-refractivity contribution in [2.75, 3.05) is 25.8 Å². The Morgan fingerprint density at radius 1 is 0.870 bits per heavy atom. The molecule has 0 saturated heterocycles. The quantitative estimate of drug-likeness (QED) is 0.837. The molecule has 3 rings (SSSR count). The van der Waals surface area contributed by atoms with Gasteiger partial charge in [0.15, 0.2) is 0 Å². The minimum Gasteiger partial charge on any atom is -0.497 e. The molecule has 0 spiro atoms. The number of hydrazone groups is 1. The summed E-state index contributed by atoms with van der Waals surface area (Å²) in [6.45, 7) is 0.897. The van der Waals surface area contributed by atoms with Gasteiger partial charge in [-0.2, -0.15) is 5.10 Å². The molecule has 2 aromatic carbocycles. The maximum absolute atomic E-state index is 5.18. The van der Waals surface area contributed by atoms with Crippen LogP contribution in [-0.4, -0.2) is 26.5 Å². The second-order valence-corrected chi connectivity index (χ2v) is 5.27. The van der Waals surface area contributed by atoms with Crippen molar-refractivity contribution in [2.45, 2.75) is 6.42 Å². The molecule has 1 heterocycles. The van der Waals surface area contributed by atoms with Crippen LogP contribution in [0.3, 0.4) is 0 Å². The van der Waals surface area contributed by atoms with Crippen LogP contribution in [0.15, 0.2) is 59.7 Å². The molecule has 1 aliphatic rings. The molecular formula is C19H20N2O2. The van der Waals surface area contributed by atoms with Gasteiger partial charge in [-0.3, -0.25) is 5.01 Å². The number of anilines is 1. The lowest BCUT2D eigenvalue weighted by atomic mass is 10.1. The molecule has 4 nitrogen and oxygen atoms in total. The monoisotopic (exact) mass is 308 g/mol. The van der Waals surface area contributed by atoms with E-state index in [9.17, 15) is 0 Å². The zero-order chi connectivity index (χ0) is 16.1. The number of rotatable bonds is 5. The molecule has 118 valence electrons. The van der Waals surface area contributed by atoms with Crippen LogP contribution in [0, 0.1) is 0 Å². The second-order valence-electron chi connectivity index (χ2n) is 5.27. The Kier molecular flexibility index (Phi) is 4.62. The van der Waals surface area contributed by atoms with Gasteiger partial charge in [0.25, 0.3) is 0 Å². The molecule has 0 aliphatic carbocycles. The van der Waals surface area contributed by atoms with Crippen LogP contribution < -0.4 is 14.5 Å². The Hall–Kier alpha value is -2.75. The molecule has 0 radical (unpaired) electrons. The van der Waals surface area contributed by atoms with Crippen LogP contribution in [-0.2, 0) is 0 Å². The van der Waals surface area contributed by atoms with Gasteiger partial charge in [-0.1, -0.05) is 18.2 Å². The maximum atomic E-state index is 5.18. The second kappa shape index (κ2) is 7.01. The molecule has 0 saturated carbocycles. The van der Waals surface area contributed by atoms with Crippen molar-refractivity contribution in [1.82, 2.24) is 0 Å². The first-order valence-electron chi connectivity index (χ1n) is 7.60. The minimum absolute atomic E-state index is 0.858. The molecule has 2 aromatic rings. The van der Waals surface area contributed by atoms with E-state index in [-0.39, 0.29) is 0 Å². The molecule has 0 unspecified atom stereocenters. The average molecular weight is 308 g/mol. The Balaban J connectivity index is 1.67. The summed E-state index contributed by atoms with van der Waals surface area (Å²) in [4.78, 5) is 0. The number of hydrogen-bond donors (Lipinski definition) is 0. The number of methoxy groups -OCH3 is 2. The Morgan fingerprint density at radius 3 is 2.09 bits per heavy atom. The maximum Gasteiger partial charge on any atom is 0.119 e. The molecule has 1 aliphatic heterocycles. The summed E-state index contributed by atoms with van der Waals surface area (Å²) in [6, 6.07) is 15.9. The SMILES string of the molecule is COc1ccc(C=CC2=NN(c3ccc(OC)cc3)CC2)cc1. The summed E-state index contributed by atoms with van der Waals surface area (Å²) in [6.07, 6.45) is 5.10. The van der Waals surface area contributed by atoms with E-state index in [4.69, 9.17) is 9.47 Å². The summed E-state index contributed by atoms with van der Waals surface area (Å²) in [5.74, 6) is 1.72. The van der Waals surface area contributed by atoms with Crippen molar-refractivity contribution in [1.29, 1.82) is 0 Å². The predicted molar refractivity (Wildman–Crippen MR) is 94.4 cm³/mol. The van der Waals surface area contributed by atoms with Gasteiger partial charge in [0.1, 0.15) is 11.5 Å². The molecule has 23 heavy (non-hydrogen) atoms. The molecule has 0 bridgehead atoms. The van der Waals surface area contributed by atoms with Crippen LogP contribution >= 0.6 is 0 Å². The standard InChI is InChI=1S/C19H20N2O2/c1-22-18-9-4-15(5-10-18)3-6-16-13-14-21(20-16)17-7-11-19(23-2)12-8-17/h3-12H,13-14H2,1-2H3. The first-order valence-corrected chi connectivity index (χ1v) is 7.60.